The summed E-state index contributed by atoms with van der Waals surface area (Å²) in [6.07, 6.45) is 7.77. The van der Waals surface area contributed by atoms with E-state index in [1.54, 1.807) is 18.1 Å². The standard InChI is InChI=1S/C22H29ClN6O3S/c1-29-19-11-16(10-9-14(19)6-4-8-20(29)30)26-22-24-13-17(23)21(28-22)27-18-7-3-2-5-15(18)12-25-33(31)32/h9-11,13,15,18,25H,2-8,12H2,1H3,(H,31,32)(H2,24,26,27,28)/p-1/t15-,18-/m1/s1. The Kier molecular flexibility index (Phi) is 7.79. The first kappa shape index (κ1) is 23.9. The molecule has 1 unspecified atom stereocenters. The third-order valence-corrected chi connectivity index (χ3v) is 7.03. The van der Waals surface area contributed by atoms with Crippen LogP contribution in [0.1, 0.15) is 44.1 Å². The van der Waals surface area contributed by atoms with Crippen LogP contribution in [0.3, 0.4) is 0 Å². The molecule has 1 amide bonds. The zero-order chi connectivity index (χ0) is 23.4. The van der Waals surface area contributed by atoms with E-state index in [2.05, 4.69) is 25.3 Å². The summed E-state index contributed by atoms with van der Waals surface area (Å²) in [5, 5.41) is 7.02. The number of nitrogens with one attached hydrogen (secondary N) is 3. The summed E-state index contributed by atoms with van der Waals surface area (Å²) in [5.74, 6) is 1.15. The van der Waals surface area contributed by atoms with Gasteiger partial charge in [-0.2, -0.15) is 4.98 Å². The number of aryl methyl sites for hydroxylation is 1. The van der Waals surface area contributed by atoms with Gasteiger partial charge in [0.05, 0.1) is 6.20 Å². The van der Waals surface area contributed by atoms with Crippen molar-refractivity contribution in [3.8, 4) is 0 Å². The number of halogens is 1. The third kappa shape index (κ3) is 6.00. The number of carbonyl (C=O) groups excluding carboxylic acids is 1. The highest BCUT2D eigenvalue weighted by atomic mass is 35.5. The lowest BCUT2D eigenvalue weighted by Gasteiger charge is -2.33. The molecule has 1 aliphatic carbocycles. The van der Waals surface area contributed by atoms with E-state index < -0.39 is 11.3 Å². The van der Waals surface area contributed by atoms with Crippen molar-refractivity contribution in [2.75, 3.05) is 29.1 Å². The molecule has 11 heteroatoms. The van der Waals surface area contributed by atoms with Crippen LogP contribution in [0.15, 0.2) is 24.4 Å². The SMILES string of the molecule is CN1C(=O)CCCc2ccc(Nc3ncc(Cl)c(N[C@@H]4CCCC[C@@H]4CNS(=O)[O-])n3)cc21. The minimum atomic E-state index is -2.28. The van der Waals surface area contributed by atoms with E-state index in [-0.39, 0.29) is 17.9 Å². The van der Waals surface area contributed by atoms with Gasteiger partial charge >= 0.3 is 0 Å². The van der Waals surface area contributed by atoms with Crippen LogP contribution in [0.4, 0.5) is 23.1 Å². The first-order chi connectivity index (χ1) is 15.9. The first-order valence-corrected chi connectivity index (χ1v) is 12.6. The average Bonchev–Trinajstić information content (AvgIpc) is 2.94. The van der Waals surface area contributed by atoms with Gasteiger partial charge in [-0.1, -0.05) is 30.5 Å². The van der Waals surface area contributed by atoms with Gasteiger partial charge in [-0.3, -0.25) is 9.00 Å². The summed E-state index contributed by atoms with van der Waals surface area (Å²) in [5.41, 5.74) is 2.81. The molecule has 3 atom stereocenters. The Labute approximate surface area is 201 Å². The predicted octanol–water partition coefficient (Wildman–Crippen LogP) is 3.53. The van der Waals surface area contributed by atoms with E-state index in [0.717, 1.165) is 55.5 Å². The highest BCUT2D eigenvalue weighted by molar-refractivity contribution is 7.77. The second-order valence-electron chi connectivity index (χ2n) is 8.54. The Bertz CT molecular complexity index is 1040. The van der Waals surface area contributed by atoms with Crippen molar-refractivity contribution in [3.05, 3.63) is 35.0 Å². The molecule has 0 radical (unpaired) electrons. The molecule has 1 fully saturated rings. The molecule has 0 spiro atoms. The molecule has 0 bridgehead atoms. The summed E-state index contributed by atoms with van der Waals surface area (Å²) in [4.78, 5) is 22.8. The Morgan fingerprint density at radius 1 is 1.24 bits per heavy atom. The molecule has 3 N–H and O–H groups in total. The lowest BCUT2D eigenvalue weighted by atomic mass is 9.84. The van der Waals surface area contributed by atoms with Crippen molar-refractivity contribution < 1.29 is 13.6 Å². The number of aromatic nitrogens is 2. The Morgan fingerprint density at radius 3 is 2.88 bits per heavy atom. The minimum absolute atomic E-state index is 0.0576. The number of hydrogen-bond acceptors (Lipinski definition) is 7. The Hall–Kier alpha value is -2.27. The topological polar surface area (TPSA) is 122 Å². The van der Waals surface area contributed by atoms with Crippen molar-refractivity contribution in [2.24, 2.45) is 5.92 Å². The van der Waals surface area contributed by atoms with Crippen LogP contribution in [-0.2, 0) is 22.5 Å². The first-order valence-electron chi connectivity index (χ1n) is 11.2. The highest BCUT2D eigenvalue weighted by Gasteiger charge is 2.26. The Morgan fingerprint density at radius 2 is 2.06 bits per heavy atom. The van der Waals surface area contributed by atoms with Crippen LogP contribution >= 0.6 is 11.6 Å². The maximum atomic E-state index is 12.2. The Balaban J connectivity index is 1.50. The van der Waals surface area contributed by atoms with Crippen molar-refractivity contribution in [1.29, 1.82) is 0 Å². The molecular formula is C22H28ClN6O3S-. The molecule has 1 aromatic carbocycles. The zero-order valence-corrected chi connectivity index (χ0v) is 20.0. The molecule has 178 valence electrons. The fraction of sp³-hybridized carbons (Fsp3) is 0.500. The fourth-order valence-corrected chi connectivity index (χ4v) is 5.04. The maximum Gasteiger partial charge on any atom is 0.229 e. The van der Waals surface area contributed by atoms with Crippen LogP contribution in [0.5, 0.6) is 0 Å². The summed E-state index contributed by atoms with van der Waals surface area (Å²) < 4.78 is 24.3. The van der Waals surface area contributed by atoms with Gasteiger partial charge in [0.2, 0.25) is 11.9 Å². The lowest BCUT2D eigenvalue weighted by Crippen LogP contribution is -2.39. The zero-order valence-electron chi connectivity index (χ0n) is 18.5. The van der Waals surface area contributed by atoms with E-state index in [4.69, 9.17) is 11.6 Å². The van der Waals surface area contributed by atoms with Crippen LogP contribution in [0.25, 0.3) is 0 Å². The lowest BCUT2D eigenvalue weighted by molar-refractivity contribution is -0.118. The number of amides is 1. The largest absolute Gasteiger partial charge is 0.760 e. The smallest absolute Gasteiger partial charge is 0.229 e. The van der Waals surface area contributed by atoms with Gasteiger partial charge < -0.3 is 20.1 Å². The minimum Gasteiger partial charge on any atom is -0.760 e. The number of anilines is 4. The van der Waals surface area contributed by atoms with Gasteiger partial charge in [0, 0.05) is 48.7 Å². The van der Waals surface area contributed by atoms with Crippen molar-refractivity contribution in [1.82, 2.24) is 14.7 Å². The van der Waals surface area contributed by atoms with Gasteiger partial charge in [0.25, 0.3) is 0 Å². The molecule has 4 rings (SSSR count). The third-order valence-electron chi connectivity index (χ3n) is 6.35. The number of rotatable bonds is 7. The number of carbonyl (C=O) groups is 1. The van der Waals surface area contributed by atoms with Crippen LogP contribution in [0, 0.1) is 5.92 Å². The van der Waals surface area contributed by atoms with Gasteiger partial charge in [0.15, 0.2) is 5.82 Å². The number of nitrogens with zero attached hydrogens (tertiary/aromatic N) is 3. The van der Waals surface area contributed by atoms with Gasteiger partial charge in [0.1, 0.15) is 5.02 Å². The second-order valence-corrected chi connectivity index (χ2v) is 9.71. The van der Waals surface area contributed by atoms with Crippen molar-refractivity contribution in [2.45, 2.75) is 51.0 Å². The molecule has 1 saturated carbocycles. The van der Waals surface area contributed by atoms with Crippen molar-refractivity contribution in [3.63, 3.8) is 0 Å². The molecule has 2 aliphatic rings. The molecule has 1 aliphatic heterocycles. The summed E-state index contributed by atoms with van der Waals surface area (Å²) >= 11 is 4.09. The monoisotopic (exact) mass is 491 g/mol. The maximum absolute atomic E-state index is 12.2. The molecule has 9 nitrogen and oxygen atoms in total. The quantitative estimate of drug-likeness (QED) is 0.506. The molecule has 2 aromatic rings. The summed E-state index contributed by atoms with van der Waals surface area (Å²) in [7, 11) is 1.80. The molecule has 0 saturated heterocycles. The molecule has 1 aromatic heterocycles. The van der Waals surface area contributed by atoms with Gasteiger partial charge in [-0.05, 0) is 49.3 Å². The van der Waals surface area contributed by atoms with Gasteiger partial charge in [-0.15, -0.1) is 0 Å². The van der Waals surface area contributed by atoms with Crippen LogP contribution < -0.4 is 20.3 Å². The normalized spacial score (nSPS) is 21.8. The summed E-state index contributed by atoms with van der Waals surface area (Å²) in [6.45, 7) is 0.378. The number of hydrogen-bond donors (Lipinski definition) is 3. The highest BCUT2D eigenvalue weighted by Crippen LogP contribution is 2.32. The predicted molar refractivity (Wildman–Crippen MR) is 129 cm³/mol. The van der Waals surface area contributed by atoms with E-state index >= 15 is 0 Å². The van der Waals surface area contributed by atoms with Crippen molar-refractivity contribution >= 4 is 51.9 Å². The number of benzene rings is 1. The van der Waals surface area contributed by atoms with Crippen LogP contribution in [-0.4, -0.2) is 44.3 Å². The molecule has 33 heavy (non-hydrogen) atoms. The van der Waals surface area contributed by atoms with E-state index in [0.29, 0.717) is 29.8 Å². The van der Waals surface area contributed by atoms with Crippen LogP contribution in [0.2, 0.25) is 5.02 Å². The van der Waals surface area contributed by atoms with E-state index in [1.807, 2.05) is 18.2 Å². The average molecular weight is 492 g/mol. The van der Waals surface area contributed by atoms with E-state index in [1.165, 1.54) is 0 Å². The fourth-order valence-electron chi connectivity index (χ4n) is 4.55. The summed E-state index contributed by atoms with van der Waals surface area (Å²) in [6, 6.07) is 5.98. The second kappa shape index (κ2) is 10.8. The van der Waals surface area contributed by atoms with Gasteiger partial charge in [-0.25, -0.2) is 9.71 Å². The number of fused-ring (bicyclic) bond motifs is 1. The van der Waals surface area contributed by atoms with E-state index in [9.17, 15) is 13.6 Å². The molecule has 2 heterocycles. The molecular weight excluding hydrogens is 464 g/mol.